The van der Waals surface area contributed by atoms with Crippen LogP contribution in [-0.2, 0) is 10.0 Å². The van der Waals surface area contributed by atoms with Gasteiger partial charge in [0.15, 0.2) is 0 Å². The van der Waals surface area contributed by atoms with Crippen LogP contribution in [0.4, 0.5) is 0 Å². The second kappa shape index (κ2) is 6.40. The van der Waals surface area contributed by atoms with E-state index in [9.17, 15) is 13.2 Å². The minimum atomic E-state index is -3.65. The lowest BCUT2D eigenvalue weighted by atomic mass is 10.1. The number of aryl methyl sites for hydroxylation is 1. The summed E-state index contributed by atoms with van der Waals surface area (Å²) in [5.74, 6) is 0.198. The van der Waals surface area contributed by atoms with E-state index in [-0.39, 0.29) is 22.9 Å². The number of rotatable bonds is 1. The summed E-state index contributed by atoms with van der Waals surface area (Å²) in [6.45, 7) is 2.76. The van der Waals surface area contributed by atoms with Gasteiger partial charge in [0.2, 0.25) is 10.0 Å². The number of hydrogen-bond acceptors (Lipinski definition) is 5. The molecule has 2 aliphatic heterocycles. The van der Waals surface area contributed by atoms with Crippen LogP contribution in [-0.4, -0.2) is 54.7 Å². The monoisotopic (exact) mass is 376 g/mol. The zero-order chi connectivity index (χ0) is 18.3. The summed E-state index contributed by atoms with van der Waals surface area (Å²) < 4.78 is 34.0. The van der Waals surface area contributed by atoms with Gasteiger partial charge in [-0.3, -0.25) is 9.89 Å². The fourth-order valence-corrected chi connectivity index (χ4v) is 4.87. The number of ether oxygens (including phenoxy) is 1. The molecule has 4 rings (SSSR count). The molecule has 2 aliphatic rings. The minimum absolute atomic E-state index is 0.158. The number of aromatic amines is 1. The van der Waals surface area contributed by atoms with Crippen molar-refractivity contribution in [3.8, 4) is 5.75 Å². The first kappa shape index (κ1) is 17.0. The van der Waals surface area contributed by atoms with Gasteiger partial charge in [0.25, 0.3) is 5.91 Å². The molecule has 0 bridgehead atoms. The molecule has 2 atom stereocenters. The number of amides is 1. The highest BCUT2D eigenvalue weighted by Crippen LogP contribution is 2.31. The second-order valence-electron chi connectivity index (χ2n) is 6.64. The van der Waals surface area contributed by atoms with Gasteiger partial charge in [-0.25, -0.2) is 13.1 Å². The van der Waals surface area contributed by atoms with Crippen LogP contribution in [0.1, 0.15) is 29.0 Å². The standard InChI is InChI=1S/C17H20N4O4S/c1-11-10-13(19-18-11)17(22)21-8-6-12-14(7-9-21)25-15-4-2-3-5-16(15)26(23,24)20-12/h2-5,10,12,14,20H,6-9H2,1H3,(H,18,19)/t12-,14-/m0/s1. The van der Waals surface area contributed by atoms with Gasteiger partial charge in [0.1, 0.15) is 22.4 Å². The molecule has 9 heteroatoms. The molecule has 8 nitrogen and oxygen atoms in total. The average molecular weight is 376 g/mol. The van der Waals surface area contributed by atoms with Crippen LogP contribution in [0.5, 0.6) is 5.75 Å². The van der Waals surface area contributed by atoms with Gasteiger partial charge in [0.05, 0.1) is 6.04 Å². The van der Waals surface area contributed by atoms with E-state index in [4.69, 9.17) is 4.74 Å². The molecular weight excluding hydrogens is 356 g/mol. The van der Waals surface area contributed by atoms with Crippen molar-refractivity contribution in [3.63, 3.8) is 0 Å². The Balaban J connectivity index is 1.57. The normalized spacial score (nSPS) is 24.6. The molecule has 26 heavy (non-hydrogen) atoms. The molecule has 1 aromatic heterocycles. The SMILES string of the molecule is Cc1cc(C(=O)N2CC[C@@H]3NS(=O)(=O)c4ccccc4O[C@H]3CC2)n[nH]1. The van der Waals surface area contributed by atoms with Crippen LogP contribution in [0.3, 0.4) is 0 Å². The van der Waals surface area contributed by atoms with Crippen molar-refractivity contribution >= 4 is 15.9 Å². The van der Waals surface area contributed by atoms with Crippen molar-refractivity contribution in [1.82, 2.24) is 19.8 Å². The number of carbonyl (C=O) groups is 1. The second-order valence-corrected chi connectivity index (χ2v) is 8.32. The number of carbonyl (C=O) groups excluding carboxylic acids is 1. The number of hydrogen-bond donors (Lipinski definition) is 2. The van der Waals surface area contributed by atoms with E-state index in [1.54, 1.807) is 35.2 Å². The number of para-hydroxylation sites is 1. The molecule has 1 aromatic carbocycles. The van der Waals surface area contributed by atoms with Crippen molar-refractivity contribution in [1.29, 1.82) is 0 Å². The lowest BCUT2D eigenvalue weighted by Crippen LogP contribution is -2.43. The number of H-pyrrole nitrogens is 1. The quantitative estimate of drug-likeness (QED) is 0.774. The van der Waals surface area contributed by atoms with E-state index < -0.39 is 10.0 Å². The molecule has 2 N–H and O–H groups in total. The van der Waals surface area contributed by atoms with Crippen molar-refractivity contribution < 1.29 is 17.9 Å². The van der Waals surface area contributed by atoms with Crippen LogP contribution in [0.15, 0.2) is 35.2 Å². The van der Waals surface area contributed by atoms with E-state index in [0.717, 1.165) is 5.69 Å². The summed E-state index contributed by atoms with van der Waals surface area (Å²) in [5, 5.41) is 6.79. The number of likely N-dealkylation sites (tertiary alicyclic amines) is 1. The molecule has 0 radical (unpaired) electrons. The van der Waals surface area contributed by atoms with Crippen LogP contribution in [0.25, 0.3) is 0 Å². The first-order valence-corrected chi connectivity index (χ1v) is 10.0. The Hall–Kier alpha value is -2.39. The van der Waals surface area contributed by atoms with E-state index in [2.05, 4.69) is 14.9 Å². The highest BCUT2D eigenvalue weighted by atomic mass is 32.2. The van der Waals surface area contributed by atoms with Gasteiger partial charge in [-0.05, 0) is 31.5 Å². The van der Waals surface area contributed by atoms with Crippen molar-refractivity contribution in [2.75, 3.05) is 13.1 Å². The Bertz CT molecular complexity index is 940. The van der Waals surface area contributed by atoms with Crippen molar-refractivity contribution in [3.05, 3.63) is 41.7 Å². The number of nitrogens with zero attached hydrogens (tertiary/aromatic N) is 2. The Kier molecular flexibility index (Phi) is 4.20. The Morgan fingerprint density at radius 3 is 2.81 bits per heavy atom. The highest BCUT2D eigenvalue weighted by molar-refractivity contribution is 7.89. The van der Waals surface area contributed by atoms with Crippen LogP contribution >= 0.6 is 0 Å². The van der Waals surface area contributed by atoms with Gasteiger partial charge < -0.3 is 9.64 Å². The number of sulfonamides is 1. The third kappa shape index (κ3) is 3.08. The number of nitrogens with one attached hydrogen (secondary N) is 2. The molecule has 3 heterocycles. The molecule has 0 saturated carbocycles. The molecule has 1 amide bonds. The van der Waals surface area contributed by atoms with Gasteiger partial charge in [0, 0.05) is 25.2 Å². The number of benzene rings is 1. The van der Waals surface area contributed by atoms with Crippen LogP contribution < -0.4 is 9.46 Å². The zero-order valence-corrected chi connectivity index (χ0v) is 15.1. The Morgan fingerprint density at radius 2 is 2.04 bits per heavy atom. The summed E-state index contributed by atoms with van der Waals surface area (Å²) in [5.41, 5.74) is 1.19. The highest BCUT2D eigenvalue weighted by Gasteiger charge is 2.37. The molecule has 138 valence electrons. The summed E-state index contributed by atoms with van der Waals surface area (Å²) in [6.07, 6.45) is 0.691. The lowest BCUT2D eigenvalue weighted by Gasteiger charge is -2.22. The molecule has 2 aromatic rings. The van der Waals surface area contributed by atoms with E-state index in [0.29, 0.717) is 37.4 Å². The summed E-state index contributed by atoms with van der Waals surface area (Å²) in [4.78, 5) is 14.5. The maximum absolute atomic E-state index is 12.6. The largest absolute Gasteiger partial charge is 0.487 e. The number of aromatic nitrogens is 2. The number of fused-ring (bicyclic) bond motifs is 2. The van der Waals surface area contributed by atoms with Gasteiger partial charge >= 0.3 is 0 Å². The molecule has 0 aliphatic carbocycles. The molecule has 1 saturated heterocycles. The molecular formula is C17H20N4O4S. The van der Waals surface area contributed by atoms with E-state index >= 15 is 0 Å². The minimum Gasteiger partial charge on any atom is -0.487 e. The fourth-order valence-electron chi connectivity index (χ4n) is 3.44. The topological polar surface area (TPSA) is 104 Å². The molecule has 0 unspecified atom stereocenters. The predicted molar refractivity (Wildman–Crippen MR) is 93.4 cm³/mol. The van der Waals surface area contributed by atoms with Crippen molar-refractivity contribution in [2.24, 2.45) is 0 Å². The third-order valence-electron chi connectivity index (χ3n) is 4.78. The summed E-state index contributed by atoms with van der Waals surface area (Å²) >= 11 is 0. The fraction of sp³-hybridized carbons (Fsp3) is 0.412. The molecule has 0 spiro atoms. The molecule has 1 fully saturated rings. The average Bonchev–Trinajstić information content (AvgIpc) is 2.90. The third-order valence-corrected chi connectivity index (χ3v) is 6.31. The zero-order valence-electron chi connectivity index (χ0n) is 14.3. The summed E-state index contributed by atoms with van der Waals surface area (Å²) in [7, 11) is -3.65. The Morgan fingerprint density at radius 1 is 1.27 bits per heavy atom. The predicted octanol–water partition coefficient (Wildman–Crippen LogP) is 1.06. The van der Waals surface area contributed by atoms with Gasteiger partial charge in [-0.2, -0.15) is 5.10 Å². The Labute approximate surface area is 151 Å². The lowest BCUT2D eigenvalue weighted by molar-refractivity contribution is 0.0749. The van der Waals surface area contributed by atoms with E-state index in [1.807, 2.05) is 6.92 Å². The van der Waals surface area contributed by atoms with Crippen LogP contribution in [0.2, 0.25) is 0 Å². The van der Waals surface area contributed by atoms with E-state index in [1.165, 1.54) is 0 Å². The maximum atomic E-state index is 12.6. The van der Waals surface area contributed by atoms with Gasteiger partial charge in [-0.15, -0.1) is 0 Å². The van der Waals surface area contributed by atoms with Gasteiger partial charge in [-0.1, -0.05) is 12.1 Å². The first-order valence-electron chi connectivity index (χ1n) is 8.53. The van der Waals surface area contributed by atoms with Crippen LogP contribution in [0, 0.1) is 6.92 Å². The first-order chi connectivity index (χ1) is 12.4. The smallest absolute Gasteiger partial charge is 0.274 e. The maximum Gasteiger partial charge on any atom is 0.274 e. The van der Waals surface area contributed by atoms with Crippen molar-refractivity contribution in [2.45, 2.75) is 36.8 Å². The summed E-state index contributed by atoms with van der Waals surface area (Å²) in [6, 6.07) is 7.96.